The van der Waals surface area contributed by atoms with Gasteiger partial charge in [0, 0.05) is 25.6 Å². The van der Waals surface area contributed by atoms with E-state index in [0.717, 1.165) is 21.9 Å². The highest BCUT2D eigenvalue weighted by Gasteiger charge is 2.22. The van der Waals surface area contributed by atoms with Gasteiger partial charge in [-0.15, -0.1) is 0 Å². The minimum Gasteiger partial charge on any atom is -0.847 e. The van der Waals surface area contributed by atoms with Gasteiger partial charge in [-0.1, -0.05) is 27.6 Å². The lowest BCUT2D eigenvalue weighted by Gasteiger charge is -2.03. The summed E-state index contributed by atoms with van der Waals surface area (Å²) in [4.78, 5) is 4.01. The van der Waals surface area contributed by atoms with Gasteiger partial charge in [0.1, 0.15) is 10.3 Å². The molecular weight excluding hydrogens is 246 g/mol. The van der Waals surface area contributed by atoms with Gasteiger partial charge < -0.3 is 5.11 Å². The van der Waals surface area contributed by atoms with Crippen LogP contribution in [0.4, 0.5) is 0 Å². The summed E-state index contributed by atoms with van der Waals surface area (Å²) in [6.07, 6.45) is 1.70. The molecular formula is C10H10ClN3OS. The summed E-state index contributed by atoms with van der Waals surface area (Å²) in [6.45, 7) is 3.84. The summed E-state index contributed by atoms with van der Waals surface area (Å²) >= 11 is 6.86. The van der Waals surface area contributed by atoms with Crippen molar-refractivity contribution < 1.29 is 9.79 Å². The summed E-state index contributed by atoms with van der Waals surface area (Å²) in [7, 11) is 0. The van der Waals surface area contributed by atoms with Crippen LogP contribution in [0.1, 0.15) is 23.5 Å². The lowest BCUT2D eigenvalue weighted by molar-refractivity contribution is -0.768. The number of rotatable bonds is 2. The molecule has 2 aromatic rings. The number of aromatic nitrogens is 3. The third-order valence-corrected chi connectivity index (χ3v) is 3.31. The number of nitrogens with zero attached hydrogens (tertiary/aromatic N) is 3. The molecule has 0 aliphatic heterocycles. The van der Waals surface area contributed by atoms with Crippen LogP contribution in [0.25, 0.3) is 0 Å². The van der Waals surface area contributed by atoms with E-state index < -0.39 is 0 Å². The fraction of sp³-hybridized carbons (Fsp3) is 0.300. The number of halogens is 1. The Bertz CT molecular complexity index is 497. The Labute approximate surface area is 102 Å². The van der Waals surface area contributed by atoms with Crippen LogP contribution in [0.15, 0.2) is 18.3 Å². The maximum atomic E-state index is 11.2. The molecule has 0 aliphatic rings. The maximum absolute atomic E-state index is 11.2. The van der Waals surface area contributed by atoms with Gasteiger partial charge in [-0.25, -0.2) is 4.98 Å². The monoisotopic (exact) mass is 255 g/mol. The Morgan fingerprint density at radius 1 is 1.50 bits per heavy atom. The Kier molecular flexibility index (Phi) is 3.07. The van der Waals surface area contributed by atoms with Crippen molar-refractivity contribution in [2.24, 2.45) is 0 Å². The molecule has 2 heterocycles. The van der Waals surface area contributed by atoms with Gasteiger partial charge in [-0.3, -0.25) is 0 Å². The molecule has 6 heteroatoms. The summed E-state index contributed by atoms with van der Waals surface area (Å²) in [6, 6.07) is 3.60. The second-order valence-electron chi connectivity index (χ2n) is 3.42. The summed E-state index contributed by atoms with van der Waals surface area (Å²) in [5, 5.41) is 16.2. The normalized spacial score (nSPS) is 12.7. The molecule has 2 rings (SSSR count). The van der Waals surface area contributed by atoms with E-state index in [1.807, 2.05) is 19.9 Å². The minimum absolute atomic E-state index is 0.0104. The van der Waals surface area contributed by atoms with E-state index in [-0.39, 0.29) is 11.2 Å². The number of aryl methyl sites for hydroxylation is 1. The molecule has 0 fully saturated rings. The fourth-order valence-electron chi connectivity index (χ4n) is 1.49. The first-order chi connectivity index (χ1) is 7.58. The molecule has 0 N–H and O–H groups in total. The second kappa shape index (κ2) is 4.35. The zero-order chi connectivity index (χ0) is 11.7. The van der Waals surface area contributed by atoms with Gasteiger partial charge in [-0.05, 0) is 17.2 Å². The van der Waals surface area contributed by atoms with Gasteiger partial charge in [0.15, 0.2) is 0 Å². The molecule has 0 spiro atoms. The molecule has 0 radical (unpaired) electrons. The maximum Gasteiger partial charge on any atom is 0.261 e. The van der Waals surface area contributed by atoms with Crippen LogP contribution >= 0.6 is 22.9 Å². The van der Waals surface area contributed by atoms with E-state index in [1.54, 1.807) is 16.9 Å². The van der Waals surface area contributed by atoms with Crippen molar-refractivity contribution in [3.05, 3.63) is 34.1 Å². The van der Waals surface area contributed by atoms with Crippen LogP contribution in [0, 0.1) is 6.92 Å². The molecule has 1 unspecified atom stereocenters. The highest BCUT2D eigenvalue weighted by molar-refractivity contribution is 7.12. The molecule has 0 saturated heterocycles. The van der Waals surface area contributed by atoms with Crippen LogP contribution < -0.4 is 9.79 Å². The second-order valence-corrected chi connectivity index (χ2v) is 4.95. The molecule has 16 heavy (non-hydrogen) atoms. The van der Waals surface area contributed by atoms with Gasteiger partial charge in [-0.2, -0.15) is 0 Å². The number of hydrogen-bond donors (Lipinski definition) is 0. The average Bonchev–Trinajstić information content (AvgIpc) is 2.58. The Hall–Kier alpha value is -1.20. The minimum atomic E-state index is -0.175. The molecule has 1 atom stereocenters. The molecule has 4 nitrogen and oxygen atoms in total. The third-order valence-electron chi connectivity index (χ3n) is 2.35. The van der Waals surface area contributed by atoms with Crippen LogP contribution in [0.2, 0.25) is 5.15 Å². The van der Waals surface area contributed by atoms with Crippen LogP contribution in [-0.2, 0) is 0 Å². The largest absolute Gasteiger partial charge is 0.847 e. The standard InChI is InChI=1S/C10H10ClN3OS/c1-6(8-3-4-9(11)12-5-8)14-7(2)16-10(15)13-14/h3-6H,1-2H3. The van der Waals surface area contributed by atoms with Crippen LogP contribution in [0.3, 0.4) is 0 Å². The van der Waals surface area contributed by atoms with Gasteiger partial charge >= 0.3 is 0 Å². The van der Waals surface area contributed by atoms with Crippen molar-refractivity contribution in [3.8, 4) is 5.19 Å². The number of hydrogen-bond acceptors (Lipinski definition) is 4. The van der Waals surface area contributed by atoms with E-state index in [4.69, 9.17) is 11.6 Å². The first-order valence-electron chi connectivity index (χ1n) is 4.75. The summed E-state index contributed by atoms with van der Waals surface area (Å²) in [5.41, 5.74) is 0.975. The van der Waals surface area contributed by atoms with Gasteiger partial charge in [0.25, 0.3) is 5.01 Å². The Balaban J connectivity index is 2.35. The van der Waals surface area contributed by atoms with Crippen molar-refractivity contribution in [1.29, 1.82) is 0 Å². The predicted molar refractivity (Wildman–Crippen MR) is 59.6 cm³/mol. The highest BCUT2D eigenvalue weighted by Crippen LogP contribution is 2.17. The lowest BCUT2D eigenvalue weighted by atomic mass is 10.1. The Morgan fingerprint density at radius 2 is 2.25 bits per heavy atom. The summed E-state index contributed by atoms with van der Waals surface area (Å²) in [5.74, 6) is 0. The molecule has 2 aromatic heterocycles. The van der Waals surface area contributed by atoms with E-state index >= 15 is 0 Å². The molecule has 0 amide bonds. The van der Waals surface area contributed by atoms with Crippen molar-refractivity contribution in [1.82, 2.24) is 10.1 Å². The zero-order valence-corrected chi connectivity index (χ0v) is 10.4. The predicted octanol–water partition coefficient (Wildman–Crippen LogP) is 1.47. The lowest BCUT2D eigenvalue weighted by Crippen LogP contribution is -2.42. The van der Waals surface area contributed by atoms with Crippen molar-refractivity contribution in [3.63, 3.8) is 0 Å². The molecule has 0 bridgehead atoms. The van der Waals surface area contributed by atoms with E-state index in [2.05, 4.69) is 10.1 Å². The van der Waals surface area contributed by atoms with Gasteiger partial charge in [0.05, 0.1) is 0 Å². The SMILES string of the molecule is Cc1sc([O-])n[n+]1C(C)c1ccc(Cl)nc1. The van der Waals surface area contributed by atoms with Crippen molar-refractivity contribution >= 4 is 22.9 Å². The average molecular weight is 256 g/mol. The number of pyridine rings is 1. The third kappa shape index (κ3) is 2.15. The highest BCUT2D eigenvalue weighted by atomic mass is 35.5. The Morgan fingerprint density at radius 3 is 2.75 bits per heavy atom. The molecule has 0 aliphatic carbocycles. The first-order valence-corrected chi connectivity index (χ1v) is 5.95. The van der Waals surface area contributed by atoms with E-state index in [9.17, 15) is 5.11 Å². The van der Waals surface area contributed by atoms with Crippen molar-refractivity contribution in [2.75, 3.05) is 0 Å². The topological polar surface area (TPSA) is 52.7 Å². The van der Waals surface area contributed by atoms with Crippen LogP contribution in [-0.4, -0.2) is 10.1 Å². The fourth-order valence-corrected chi connectivity index (χ4v) is 2.27. The molecule has 0 aromatic carbocycles. The van der Waals surface area contributed by atoms with Crippen molar-refractivity contribution in [2.45, 2.75) is 19.9 Å². The van der Waals surface area contributed by atoms with Crippen LogP contribution in [0.5, 0.6) is 5.19 Å². The summed E-state index contributed by atoms with van der Waals surface area (Å²) < 4.78 is 1.71. The molecule has 84 valence electrons. The smallest absolute Gasteiger partial charge is 0.261 e. The van der Waals surface area contributed by atoms with Gasteiger partial charge in [0.2, 0.25) is 6.04 Å². The van der Waals surface area contributed by atoms with E-state index in [0.29, 0.717) is 5.15 Å². The van der Waals surface area contributed by atoms with E-state index in [1.165, 1.54) is 0 Å². The zero-order valence-electron chi connectivity index (χ0n) is 8.85. The first kappa shape index (κ1) is 11.3. The quantitative estimate of drug-likeness (QED) is 0.603. The molecule has 0 saturated carbocycles.